The van der Waals surface area contributed by atoms with Gasteiger partial charge in [-0.05, 0) is 39.7 Å². The largest absolute Gasteiger partial charge is 0.444 e. The Balaban J connectivity index is 1.65. The number of hydrogen-bond donors (Lipinski definition) is 1. The maximum atomic E-state index is 13.0. The van der Waals surface area contributed by atoms with Crippen LogP contribution in [0.15, 0.2) is 36.8 Å². The maximum absolute atomic E-state index is 13.0. The van der Waals surface area contributed by atoms with Gasteiger partial charge < -0.3 is 20.3 Å². The van der Waals surface area contributed by atoms with E-state index in [0.29, 0.717) is 42.8 Å². The minimum atomic E-state index is -0.551. The molecule has 1 saturated heterocycles. The molecular weight excluding hydrogens is 398 g/mol. The Kier molecular flexibility index (Phi) is 6.33. The van der Waals surface area contributed by atoms with Gasteiger partial charge in [0.05, 0.1) is 5.69 Å². The van der Waals surface area contributed by atoms with Gasteiger partial charge in [0.1, 0.15) is 11.9 Å². The number of carbonyl (C=O) groups excluding carboxylic acids is 3. The summed E-state index contributed by atoms with van der Waals surface area (Å²) in [6.07, 6.45) is 4.02. The SMILES string of the molecule is CN(C(=O)n1cnc(-c2ccccc2C(N)=O)c1)C1CCN(C(=O)OC(C)(C)C)CC1. The molecule has 0 bridgehead atoms. The number of rotatable bonds is 3. The molecule has 0 aliphatic carbocycles. The van der Waals surface area contributed by atoms with Crippen LogP contribution < -0.4 is 5.73 Å². The third kappa shape index (κ3) is 5.22. The quantitative estimate of drug-likeness (QED) is 0.810. The molecule has 2 N–H and O–H groups in total. The fraction of sp³-hybridized carbons (Fsp3) is 0.455. The molecule has 0 atom stereocenters. The van der Waals surface area contributed by atoms with Crippen LogP contribution in [0.5, 0.6) is 0 Å². The first-order chi connectivity index (χ1) is 14.6. The Labute approximate surface area is 181 Å². The molecule has 3 amide bonds. The number of likely N-dealkylation sites (tertiary alicyclic amines) is 1. The Morgan fingerprint density at radius 1 is 1.16 bits per heavy atom. The van der Waals surface area contributed by atoms with Crippen molar-refractivity contribution in [2.24, 2.45) is 5.73 Å². The second-order valence-corrected chi connectivity index (χ2v) is 8.67. The normalized spacial score (nSPS) is 14.9. The number of amides is 3. The summed E-state index contributed by atoms with van der Waals surface area (Å²) in [7, 11) is 1.74. The second kappa shape index (κ2) is 8.79. The van der Waals surface area contributed by atoms with Crippen LogP contribution in [0.1, 0.15) is 44.0 Å². The summed E-state index contributed by atoms with van der Waals surface area (Å²) in [6.45, 7) is 6.57. The number of benzene rings is 1. The van der Waals surface area contributed by atoms with Crippen LogP contribution >= 0.6 is 0 Å². The number of primary amides is 1. The molecule has 1 aliphatic rings. The van der Waals surface area contributed by atoms with Gasteiger partial charge in [0.15, 0.2) is 0 Å². The summed E-state index contributed by atoms with van der Waals surface area (Å²) in [6, 6.07) is 6.65. The fourth-order valence-electron chi connectivity index (χ4n) is 3.59. The van der Waals surface area contributed by atoms with Crippen molar-refractivity contribution in [1.82, 2.24) is 19.4 Å². The first kappa shape index (κ1) is 22.3. The maximum Gasteiger partial charge on any atom is 0.410 e. The average molecular weight is 428 g/mol. The van der Waals surface area contributed by atoms with Gasteiger partial charge in [-0.2, -0.15) is 0 Å². The van der Waals surface area contributed by atoms with Crippen LogP contribution in [-0.2, 0) is 4.74 Å². The highest BCUT2D eigenvalue weighted by Crippen LogP contribution is 2.23. The van der Waals surface area contributed by atoms with Gasteiger partial charge in [0.2, 0.25) is 5.91 Å². The van der Waals surface area contributed by atoms with Gasteiger partial charge in [-0.1, -0.05) is 18.2 Å². The van der Waals surface area contributed by atoms with Crippen molar-refractivity contribution in [3.05, 3.63) is 42.4 Å². The van der Waals surface area contributed by atoms with Crippen LogP contribution in [0, 0.1) is 0 Å². The summed E-state index contributed by atoms with van der Waals surface area (Å²) in [5, 5.41) is 0. The predicted molar refractivity (Wildman–Crippen MR) is 116 cm³/mol. The van der Waals surface area contributed by atoms with Crippen molar-refractivity contribution < 1.29 is 19.1 Å². The zero-order valence-corrected chi connectivity index (χ0v) is 18.4. The van der Waals surface area contributed by atoms with Crippen LogP contribution in [0.2, 0.25) is 0 Å². The lowest BCUT2D eigenvalue weighted by atomic mass is 10.0. The van der Waals surface area contributed by atoms with Gasteiger partial charge in [0.25, 0.3) is 0 Å². The molecule has 1 aliphatic heterocycles. The second-order valence-electron chi connectivity index (χ2n) is 8.67. The van der Waals surface area contributed by atoms with E-state index < -0.39 is 11.5 Å². The highest BCUT2D eigenvalue weighted by atomic mass is 16.6. The monoisotopic (exact) mass is 427 g/mol. The average Bonchev–Trinajstić information content (AvgIpc) is 3.21. The molecule has 0 radical (unpaired) electrons. The minimum absolute atomic E-state index is 0.00468. The van der Waals surface area contributed by atoms with Gasteiger partial charge in [-0.3, -0.25) is 9.36 Å². The van der Waals surface area contributed by atoms with Crippen molar-refractivity contribution in [3.8, 4) is 11.3 Å². The number of aromatic nitrogens is 2. The van der Waals surface area contributed by atoms with E-state index in [0.717, 1.165) is 0 Å². The third-order valence-electron chi connectivity index (χ3n) is 5.24. The minimum Gasteiger partial charge on any atom is -0.444 e. The van der Waals surface area contributed by atoms with E-state index >= 15 is 0 Å². The lowest BCUT2D eigenvalue weighted by molar-refractivity contribution is 0.0172. The van der Waals surface area contributed by atoms with Gasteiger partial charge in [-0.15, -0.1) is 0 Å². The molecule has 2 aromatic rings. The summed E-state index contributed by atoms with van der Waals surface area (Å²) < 4.78 is 6.82. The molecule has 3 rings (SSSR count). The van der Waals surface area contributed by atoms with Gasteiger partial charge >= 0.3 is 12.1 Å². The number of piperidine rings is 1. The zero-order valence-electron chi connectivity index (χ0n) is 18.4. The fourth-order valence-corrected chi connectivity index (χ4v) is 3.59. The summed E-state index contributed by atoms with van der Waals surface area (Å²) in [5.74, 6) is -0.551. The van der Waals surface area contributed by atoms with Gasteiger partial charge in [-0.25, -0.2) is 14.6 Å². The number of nitrogens with two attached hydrogens (primary N) is 1. The number of ether oxygens (including phenoxy) is 1. The molecule has 9 heteroatoms. The Bertz CT molecular complexity index is 970. The molecule has 1 fully saturated rings. The lowest BCUT2D eigenvalue weighted by Crippen LogP contribution is -2.49. The molecule has 0 unspecified atom stereocenters. The standard InChI is InChI=1S/C22H29N5O4/c1-22(2,3)31-21(30)26-11-9-15(10-12-26)25(4)20(29)27-13-18(24-14-27)16-7-5-6-8-17(16)19(23)28/h5-8,13-15H,9-12H2,1-4H3,(H2,23,28). The van der Waals surface area contributed by atoms with Crippen LogP contribution in [0.25, 0.3) is 11.3 Å². The molecule has 0 spiro atoms. The van der Waals surface area contributed by atoms with Crippen molar-refractivity contribution in [2.75, 3.05) is 20.1 Å². The molecule has 31 heavy (non-hydrogen) atoms. The van der Waals surface area contributed by atoms with Crippen LogP contribution in [0.3, 0.4) is 0 Å². The molecule has 166 valence electrons. The van der Waals surface area contributed by atoms with Crippen molar-refractivity contribution >= 4 is 18.0 Å². The van der Waals surface area contributed by atoms with Crippen molar-refractivity contribution in [2.45, 2.75) is 45.3 Å². The molecular formula is C22H29N5O4. The number of carbonyl (C=O) groups is 3. The van der Waals surface area contributed by atoms with Gasteiger partial charge in [0, 0.05) is 43.5 Å². The Morgan fingerprint density at radius 2 is 1.81 bits per heavy atom. The van der Waals surface area contributed by atoms with E-state index in [1.54, 1.807) is 47.3 Å². The molecule has 9 nitrogen and oxygen atoms in total. The molecule has 1 aromatic heterocycles. The van der Waals surface area contributed by atoms with Crippen molar-refractivity contribution in [1.29, 1.82) is 0 Å². The summed E-state index contributed by atoms with van der Waals surface area (Å²) >= 11 is 0. The smallest absolute Gasteiger partial charge is 0.410 e. The third-order valence-corrected chi connectivity index (χ3v) is 5.24. The lowest BCUT2D eigenvalue weighted by Gasteiger charge is -2.37. The van der Waals surface area contributed by atoms with E-state index in [9.17, 15) is 14.4 Å². The highest BCUT2D eigenvalue weighted by molar-refractivity contribution is 5.99. The van der Waals surface area contributed by atoms with E-state index in [-0.39, 0.29) is 18.2 Å². The Morgan fingerprint density at radius 3 is 2.42 bits per heavy atom. The van der Waals surface area contributed by atoms with E-state index in [4.69, 9.17) is 10.5 Å². The molecule has 1 aromatic carbocycles. The number of nitrogens with zero attached hydrogens (tertiary/aromatic N) is 4. The molecule has 0 saturated carbocycles. The first-order valence-corrected chi connectivity index (χ1v) is 10.2. The summed E-state index contributed by atoms with van der Waals surface area (Å²) in [4.78, 5) is 44.5. The highest BCUT2D eigenvalue weighted by Gasteiger charge is 2.30. The van der Waals surface area contributed by atoms with E-state index in [2.05, 4.69) is 4.98 Å². The van der Waals surface area contributed by atoms with Crippen molar-refractivity contribution in [3.63, 3.8) is 0 Å². The zero-order chi connectivity index (χ0) is 22.8. The Hall–Kier alpha value is -3.36. The molecule has 2 heterocycles. The topological polar surface area (TPSA) is 111 Å². The van der Waals surface area contributed by atoms with Crippen LogP contribution in [-0.4, -0.2) is 69.2 Å². The first-order valence-electron chi connectivity index (χ1n) is 10.2. The van der Waals surface area contributed by atoms with E-state index in [1.807, 2.05) is 20.8 Å². The summed E-state index contributed by atoms with van der Waals surface area (Å²) in [5.41, 5.74) is 6.33. The number of hydrogen-bond acceptors (Lipinski definition) is 5. The predicted octanol–water partition coefficient (Wildman–Crippen LogP) is 2.95. The van der Waals surface area contributed by atoms with E-state index in [1.165, 1.54) is 10.9 Å². The van der Waals surface area contributed by atoms with Crippen LogP contribution in [0.4, 0.5) is 9.59 Å². The number of imidazole rings is 1.